The number of aliphatic hydroxyl groups excluding tert-OH is 1. The van der Waals surface area contributed by atoms with Gasteiger partial charge in [-0.25, -0.2) is 13.2 Å². The molecule has 0 amide bonds. The van der Waals surface area contributed by atoms with E-state index in [9.17, 15) is 18.3 Å². The summed E-state index contributed by atoms with van der Waals surface area (Å²) in [5, 5.41) is 11.0. The predicted molar refractivity (Wildman–Crippen MR) is 137 cm³/mol. The lowest BCUT2D eigenvalue weighted by Gasteiger charge is -2.29. The Hall–Kier alpha value is -2.79. The molecule has 1 heterocycles. The van der Waals surface area contributed by atoms with Gasteiger partial charge < -0.3 is 28.8 Å². The van der Waals surface area contributed by atoms with Crippen LogP contribution in [0.1, 0.15) is 30.5 Å². The van der Waals surface area contributed by atoms with Gasteiger partial charge in [-0.3, -0.25) is 0 Å². The van der Waals surface area contributed by atoms with Crippen LogP contribution in [-0.2, 0) is 43.5 Å². The normalized spacial score (nSPS) is 20.2. The fourth-order valence-electron chi connectivity index (χ4n) is 4.32. The van der Waals surface area contributed by atoms with Crippen molar-refractivity contribution in [2.75, 3.05) is 13.2 Å². The van der Waals surface area contributed by atoms with Crippen molar-refractivity contribution in [3.63, 3.8) is 0 Å². The highest BCUT2D eigenvalue weighted by Crippen LogP contribution is 2.33. The quantitative estimate of drug-likeness (QED) is 0.314. The lowest BCUT2D eigenvalue weighted by atomic mass is 10.0. The molecule has 0 saturated carbocycles. The van der Waals surface area contributed by atoms with Crippen LogP contribution in [0.3, 0.4) is 0 Å². The van der Waals surface area contributed by atoms with Gasteiger partial charge in [-0.15, -0.1) is 0 Å². The smallest absolute Gasteiger partial charge is 0.164 e. The Morgan fingerprint density at radius 2 is 1.28 bits per heavy atom. The standard InChI is InChI=1S/C30H33F3O6/c1-30(2)38-28(26(34)18-35-16-21-7-3-5-9-24(21)32)29(39-30)27(37-15-20-11-13-23(31)14-12-20)19-36-17-22-8-4-6-10-25(22)33/h3-14,26-29,34H,15-19H2,1-2H3/t26-,27-,28-,29-/m1/s1. The second kappa shape index (κ2) is 13.5. The Balaban J connectivity index is 1.44. The van der Waals surface area contributed by atoms with E-state index in [0.717, 1.165) is 5.56 Å². The lowest BCUT2D eigenvalue weighted by molar-refractivity contribution is -0.170. The van der Waals surface area contributed by atoms with Gasteiger partial charge in [0.05, 0.1) is 33.0 Å². The average Bonchev–Trinajstić information content (AvgIpc) is 3.24. The van der Waals surface area contributed by atoms with Crippen LogP contribution in [0.4, 0.5) is 13.2 Å². The van der Waals surface area contributed by atoms with Crippen molar-refractivity contribution in [2.24, 2.45) is 0 Å². The van der Waals surface area contributed by atoms with E-state index in [1.165, 1.54) is 24.3 Å². The van der Waals surface area contributed by atoms with Gasteiger partial charge in [-0.05, 0) is 43.7 Å². The molecule has 1 saturated heterocycles. The summed E-state index contributed by atoms with van der Waals surface area (Å²) < 4.78 is 71.1. The molecule has 4 atom stereocenters. The van der Waals surface area contributed by atoms with E-state index >= 15 is 0 Å². The monoisotopic (exact) mass is 546 g/mol. The summed E-state index contributed by atoms with van der Waals surface area (Å²) in [6, 6.07) is 18.4. The van der Waals surface area contributed by atoms with Gasteiger partial charge in [0, 0.05) is 11.1 Å². The second-order valence-electron chi connectivity index (χ2n) is 9.82. The van der Waals surface area contributed by atoms with Gasteiger partial charge in [0.2, 0.25) is 0 Å². The van der Waals surface area contributed by atoms with Gasteiger partial charge in [0.25, 0.3) is 0 Å². The number of halogens is 3. The first-order chi connectivity index (χ1) is 18.7. The fraction of sp³-hybridized carbons (Fsp3) is 0.400. The topological polar surface area (TPSA) is 66.4 Å². The minimum absolute atomic E-state index is 0.000970. The molecule has 0 spiro atoms. The molecular formula is C30H33F3O6. The maximum atomic E-state index is 14.1. The van der Waals surface area contributed by atoms with E-state index in [-0.39, 0.29) is 44.7 Å². The van der Waals surface area contributed by atoms with Crippen molar-refractivity contribution >= 4 is 0 Å². The van der Waals surface area contributed by atoms with E-state index in [1.54, 1.807) is 62.4 Å². The summed E-state index contributed by atoms with van der Waals surface area (Å²) >= 11 is 0. The first-order valence-electron chi connectivity index (χ1n) is 12.7. The van der Waals surface area contributed by atoms with Crippen LogP contribution in [0.15, 0.2) is 72.8 Å². The van der Waals surface area contributed by atoms with Crippen LogP contribution in [0.25, 0.3) is 0 Å². The van der Waals surface area contributed by atoms with Gasteiger partial charge in [0.1, 0.15) is 41.9 Å². The maximum Gasteiger partial charge on any atom is 0.164 e. The van der Waals surface area contributed by atoms with Crippen LogP contribution >= 0.6 is 0 Å². The first kappa shape index (κ1) is 29.2. The van der Waals surface area contributed by atoms with Crippen molar-refractivity contribution in [1.82, 2.24) is 0 Å². The molecule has 4 rings (SSSR count). The van der Waals surface area contributed by atoms with Crippen molar-refractivity contribution < 1.29 is 42.0 Å². The number of ether oxygens (including phenoxy) is 5. The number of rotatable bonds is 13. The number of hydrogen-bond acceptors (Lipinski definition) is 6. The van der Waals surface area contributed by atoms with E-state index in [4.69, 9.17) is 23.7 Å². The number of hydrogen-bond donors (Lipinski definition) is 1. The van der Waals surface area contributed by atoms with E-state index in [2.05, 4.69) is 0 Å². The van der Waals surface area contributed by atoms with Gasteiger partial charge in [-0.1, -0.05) is 48.5 Å². The molecule has 1 aliphatic heterocycles. The zero-order chi connectivity index (χ0) is 27.8. The average molecular weight is 547 g/mol. The lowest BCUT2D eigenvalue weighted by Crippen LogP contribution is -2.46. The Bertz CT molecular complexity index is 1190. The molecule has 0 radical (unpaired) electrons. The van der Waals surface area contributed by atoms with Crippen LogP contribution in [0.5, 0.6) is 0 Å². The summed E-state index contributed by atoms with van der Waals surface area (Å²) in [5.74, 6) is -2.20. The van der Waals surface area contributed by atoms with Crippen LogP contribution < -0.4 is 0 Å². The molecule has 9 heteroatoms. The zero-order valence-corrected chi connectivity index (χ0v) is 21.9. The highest BCUT2D eigenvalue weighted by atomic mass is 19.1. The largest absolute Gasteiger partial charge is 0.388 e. The van der Waals surface area contributed by atoms with E-state index in [0.29, 0.717) is 11.1 Å². The van der Waals surface area contributed by atoms with Crippen molar-refractivity contribution in [3.8, 4) is 0 Å². The Morgan fingerprint density at radius 1 is 0.744 bits per heavy atom. The SMILES string of the molecule is CC1(C)O[C@H]([C@H](O)COCc2ccccc2F)[C@@H]([C@@H](COCc2ccccc2F)OCc2ccc(F)cc2)O1. The molecule has 3 aromatic rings. The Labute approximate surface area is 226 Å². The van der Waals surface area contributed by atoms with Crippen LogP contribution in [0.2, 0.25) is 0 Å². The summed E-state index contributed by atoms with van der Waals surface area (Å²) in [6.45, 7) is 3.37. The van der Waals surface area contributed by atoms with Gasteiger partial charge >= 0.3 is 0 Å². The van der Waals surface area contributed by atoms with Crippen LogP contribution in [0, 0.1) is 17.5 Å². The molecule has 210 valence electrons. The molecule has 0 aliphatic carbocycles. The van der Waals surface area contributed by atoms with Crippen molar-refractivity contribution in [2.45, 2.75) is 63.9 Å². The summed E-state index contributed by atoms with van der Waals surface area (Å²) in [4.78, 5) is 0. The fourth-order valence-corrected chi connectivity index (χ4v) is 4.32. The van der Waals surface area contributed by atoms with Crippen molar-refractivity contribution in [1.29, 1.82) is 0 Å². The minimum atomic E-state index is -1.13. The predicted octanol–water partition coefficient (Wildman–Crippen LogP) is 5.30. The second-order valence-corrected chi connectivity index (χ2v) is 9.82. The van der Waals surface area contributed by atoms with E-state index < -0.39 is 36.0 Å². The minimum Gasteiger partial charge on any atom is -0.388 e. The molecule has 0 aromatic heterocycles. The molecular weight excluding hydrogens is 513 g/mol. The first-order valence-corrected chi connectivity index (χ1v) is 12.7. The third-order valence-electron chi connectivity index (χ3n) is 6.29. The molecule has 1 fully saturated rings. The Morgan fingerprint density at radius 3 is 1.87 bits per heavy atom. The molecule has 0 unspecified atom stereocenters. The van der Waals surface area contributed by atoms with Gasteiger partial charge in [-0.2, -0.15) is 0 Å². The summed E-state index contributed by atoms with van der Waals surface area (Å²) in [6.07, 6.45) is -3.52. The highest BCUT2D eigenvalue weighted by Gasteiger charge is 2.48. The molecule has 6 nitrogen and oxygen atoms in total. The number of aliphatic hydroxyl groups is 1. The maximum absolute atomic E-state index is 14.1. The third-order valence-corrected chi connectivity index (χ3v) is 6.29. The molecule has 3 aromatic carbocycles. The van der Waals surface area contributed by atoms with Crippen LogP contribution in [-0.4, -0.2) is 48.5 Å². The third kappa shape index (κ3) is 8.35. The molecule has 1 N–H and O–H groups in total. The van der Waals surface area contributed by atoms with E-state index in [1.807, 2.05) is 0 Å². The van der Waals surface area contributed by atoms with Crippen molar-refractivity contribution in [3.05, 3.63) is 107 Å². The summed E-state index contributed by atoms with van der Waals surface area (Å²) in [7, 11) is 0. The Kier molecular flexibility index (Phi) is 10.1. The molecule has 39 heavy (non-hydrogen) atoms. The molecule has 0 bridgehead atoms. The zero-order valence-electron chi connectivity index (χ0n) is 21.9. The number of benzene rings is 3. The highest BCUT2D eigenvalue weighted by molar-refractivity contribution is 5.17. The van der Waals surface area contributed by atoms with Gasteiger partial charge in [0.15, 0.2) is 5.79 Å². The summed E-state index contributed by atoms with van der Waals surface area (Å²) in [5.41, 5.74) is 1.48. The molecule has 1 aliphatic rings.